The summed E-state index contributed by atoms with van der Waals surface area (Å²) in [6.07, 6.45) is 2.51. The highest BCUT2D eigenvalue weighted by molar-refractivity contribution is 6.29. The van der Waals surface area contributed by atoms with E-state index in [0.29, 0.717) is 11.6 Å². The van der Waals surface area contributed by atoms with E-state index in [1.807, 2.05) is 0 Å². The molecule has 0 saturated carbocycles. The van der Waals surface area contributed by atoms with Gasteiger partial charge in [0.05, 0.1) is 18.9 Å². The zero-order valence-corrected chi connectivity index (χ0v) is 12.1. The highest BCUT2D eigenvalue weighted by atomic mass is 35.5. The predicted molar refractivity (Wildman–Crippen MR) is 73.9 cm³/mol. The zero-order chi connectivity index (χ0) is 15.4. The van der Waals surface area contributed by atoms with Crippen LogP contribution in [0.1, 0.15) is 16.2 Å². The summed E-state index contributed by atoms with van der Waals surface area (Å²) in [4.78, 5) is 32.6. The lowest BCUT2D eigenvalue weighted by molar-refractivity contribution is -0.116. The first kappa shape index (κ1) is 14.9. The van der Waals surface area contributed by atoms with Crippen LogP contribution in [0.2, 0.25) is 5.15 Å². The van der Waals surface area contributed by atoms with Crippen molar-refractivity contribution in [3.63, 3.8) is 0 Å². The van der Waals surface area contributed by atoms with Gasteiger partial charge in [0, 0.05) is 13.1 Å². The first-order valence-corrected chi connectivity index (χ1v) is 6.29. The molecule has 0 unspecified atom stereocenters. The molecule has 0 spiro atoms. The Kier molecular flexibility index (Phi) is 4.49. The highest BCUT2D eigenvalue weighted by Gasteiger charge is 2.17. The molecule has 2 aromatic rings. The smallest absolute Gasteiger partial charge is 0.274 e. The van der Waals surface area contributed by atoms with Crippen LogP contribution < -0.4 is 5.32 Å². The molecular formula is C12H12ClN5O3. The molecule has 9 heteroatoms. The van der Waals surface area contributed by atoms with Crippen LogP contribution in [0.3, 0.4) is 0 Å². The maximum atomic E-state index is 12.0. The maximum absolute atomic E-state index is 12.0. The Hall–Kier alpha value is -2.48. The molecule has 8 nitrogen and oxygen atoms in total. The van der Waals surface area contributed by atoms with Gasteiger partial charge in [0.2, 0.25) is 5.91 Å². The number of likely N-dealkylation sites (N-methyl/N-ethyl adjacent to an activating group) is 1. The van der Waals surface area contributed by atoms with Crippen molar-refractivity contribution in [3.8, 4) is 0 Å². The number of amides is 2. The predicted octanol–water partition coefficient (Wildman–Crippen LogP) is 1.14. The van der Waals surface area contributed by atoms with Crippen LogP contribution in [-0.2, 0) is 4.79 Å². The van der Waals surface area contributed by atoms with Crippen molar-refractivity contribution in [3.05, 3.63) is 35.1 Å². The molecule has 1 N–H and O–H groups in total. The standard InChI is InChI=1S/C12H12ClN5O3/c1-7-3-10(17-21-7)16-11(19)6-18(2)12(20)8-4-15-9(13)5-14-8/h3-5H,6H2,1-2H3,(H,16,17,19). The number of rotatable bonds is 4. The summed E-state index contributed by atoms with van der Waals surface area (Å²) in [5.74, 6) is 0.0301. The van der Waals surface area contributed by atoms with Crippen molar-refractivity contribution < 1.29 is 14.1 Å². The second-order valence-corrected chi connectivity index (χ2v) is 4.64. The Balaban J connectivity index is 1.94. The number of carbonyl (C=O) groups excluding carboxylic acids is 2. The van der Waals surface area contributed by atoms with E-state index in [1.165, 1.54) is 24.3 Å². The average Bonchev–Trinajstić information content (AvgIpc) is 2.83. The number of aromatic nitrogens is 3. The largest absolute Gasteiger partial charge is 0.360 e. The Morgan fingerprint density at radius 2 is 2.14 bits per heavy atom. The summed E-state index contributed by atoms with van der Waals surface area (Å²) in [6.45, 7) is 1.55. The van der Waals surface area contributed by atoms with E-state index in [1.54, 1.807) is 13.0 Å². The normalized spacial score (nSPS) is 10.2. The van der Waals surface area contributed by atoms with Crippen LogP contribution in [0.4, 0.5) is 5.82 Å². The van der Waals surface area contributed by atoms with Crippen molar-refractivity contribution in [2.45, 2.75) is 6.92 Å². The molecule has 0 radical (unpaired) electrons. The Bertz CT molecular complexity index is 655. The molecule has 2 aromatic heterocycles. The number of hydrogen-bond acceptors (Lipinski definition) is 6. The van der Waals surface area contributed by atoms with E-state index < -0.39 is 11.8 Å². The summed E-state index contributed by atoms with van der Waals surface area (Å²) in [5.41, 5.74) is 0.104. The van der Waals surface area contributed by atoms with Crippen LogP contribution in [0.15, 0.2) is 23.0 Å². The minimum Gasteiger partial charge on any atom is -0.360 e. The maximum Gasteiger partial charge on any atom is 0.274 e. The molecule has 0 aliphatic heterocycles. The minimum atomic E-state index is -0.439. The second-order valence-electron chi connectivity index (χ2n) is 4.26. The zero-order valence-electron chi connectivity index (χ0n) is 11.3. The van der Waals surface area contributed by atoms with Crippen molar-refractivity contribution in [1.29, 1.82) is 0 Å². The second kappa shape index (κ2) is 6.31. The van der Waals surface area contributed by atoms with Crippen LogP contribution in [0.25, 0.3) is 0 Å². The summed E-state index contributed by atoms with van der Waals surface area (Å²) < 4.78 is 4.82. The lowest BCUT2D eigenvalue weighted by Crippen LogP contribution is -2.35. The third-order valence-electron chi connectivity index (χ3n) is 2.46. The Labute approximate surface area is 125 Å². The molecule has 0 bridgehead atoms. The fourth-order valence-corrected chi connectivity index (χ4v) is 1.61. The van der Waals surface area contributed by atoms with Crippen LogP contribution in [0, 0.1) is 6.92 Å². The Morgan fingerprint density at radius 1 is 1.38 bits per heavy atom. The minimum absolute atomic E-state index is 0.104. The Morgan fingerprint density at radius 3 is 2.71 bits per heavy atom. The molecule has 0 atom stereocenters. The van der Waals surface area contributed by atoms with E-state index >= 15 is 0 Å². The molecule has 0 fully saturated rings. The van der Waals surface area contributed by atoms with Gasteiger partial charge in [-0.2, -0.15) is 0 Å². The van der Waals surface area contributed by atoms with Gasteiger partial charge in [-0.25, -0.2) is 9.97 Å². The van der Waals surface area contributed by atoms with Gasteiger partial charge in [0.1, 0.15) is 16.6 Å². The molecule has 2 rings (SSSR count). The van der Waals surface area contributed by atoms with Crippen molar-refractivity contribution in [2.24, 2.45) is 0 Å². The third kappa shape index (κ3) is 3.99. The van der Waals surface area contributed by atoms with E-state index in [0.717, 1.165) is 0 Å². The first-order chi connectivity index (χ1) is 9.95. The molecular weight excluding hydrogens is 298 g/mol. The van der Waals surface area contributed by atoms with E-state index in [9.17, 15) is 9.59 Å². The molecule has 0 aromatic carbocycles. The van der Waals surface area contributed by atoms with Gasteiger partial charge in [-0.3, -0.25) is 9.59 Å². The fourth-order valence-electron chi connectivity index (χ4n) is 1.51. The quantitative estimate of drug-likeness (QED) is 0.908. The number of carbonyl (C=O) groups is 2. The molecule has 2 heterocycles. The topological polar surface area (TPSA) is 101 Å². The molecule has 21 heavy (non-hydrogen) atoms. The lowest BCUT2D eigenvalue weighted by atomic mass is 10.3. The SMILES string of the molecule is Cc1cc(NC(=O)CN(C)C(=O)c2cnc(Cl)cn2)no1. The number of halogens is 1. The van der Waals surface area contributed by atoms with Gasteiger partial charge in [-0.1, -0.05) is 16.8 Å². The van der Waals surface area contributed by atoms with Crippen molar-refractivity contribution in [1.82, 2.24) is 20.0 Å². The van der Waals surface area contributed by atoms with Crippen molar-refractivity contribution >= 4 is 29.2 Å². The first-order valence-electron chi connectivity index (χ1n) is 5.92. The van der Waals surface area contributed by atoms with Gasteiger partial charge in [-0.05, 0) is 6.92 Å². The molecule has 0 saturated heterocycles. The summed E-state index contributed by atoms with van der Waals surface area (Å²) >= 11 is 5.59. The summed E-state index contributed by atoms with van der Waals surface area (Å²) in [5, 5.41) is 6.33. The van der Waals surface area contributed by atoms with Gasteiger partial charge >= 0.3 is 0 Å². The van der Waals surface area contributed by atoms with Crippen LogP contribution in [-0.4, -0.2) is 45.4 Å². The van der Waals surface area contributed by atoms with E-state index in [2.05, 4.69) is 20.4 Å². The number of aryl methyl sites for hydroxylation is 1. The van der Waals surface area contributed by atoms with Gasteiger partial charge in [0.15, 0.2) is 5.82 Å². The molecule has 2 amide bonds. The van der Waals surface area contributed by atoms with E-state index in [4.69, 9.17) is 16.1 Å². The van der Waals surface area contributed by atoms with E-state index in [-0.39, 0.29) is 17.4 Å². The van der Waals surface area contributed by atoms with Gasteiger partial charge < -0.3 is 14.7 Å². The number of nitrogens with one attached hydrogen (secondary N) is 1. The van der Waals surface area contributed by atoms with Crippen LogP contribution >= 0.6 is 11.6 Å². The molecule has 110 valence electrons. The van der Waals surface area contributed by atoms with Crippen LogP contribution in [0.5, 0.6) is 0 Å². The summed E-state index contributed by atoms with van der Waals surface area (Å²) in [7, 11) is 1.48. The van der Waals surface area contributed by atoms with Gasteiger partial charge in [0.25, 0.3) is 5.91 Å². The average molecular weight is 310 g/mol. The fraction of sp³-hybridized carbons (Fsp3) is 0.250. The number of nitrogens with zero attached hydrogens (tertiary/aromatic N) is 4. The number of hydrogen-bond donors (Lipinski definition) is 1. The van der Waals surface area contributed by atoms with Crippen molar-refractivity contribution in [2.75, 3.05) is 18.9 Å². The number of anilines is 1. The molecule has 0 aliphatic rings. The van der Waals surface area contributed by atoms with Gasteiger partial charge in [-0.15, -0.1) is 0 Å². The lowest BCUT2D eigenvalue weighted by Gasteiger charge is -2.15. The highest BCUT2D eigenvalue weighted by Crippen LogP contribution is 2.07. The third-order valence-corrected chi connectivity index (χ3v) is 2.66. The molecule has 0 aliphatic carbocycles. The monoisotopic (exact) mass is 309 g/mol. The summed E-state index contributed by atoms with van der Waals surface area (Å²) in [6, 6.07) is 1.57.